The highest BCUT2D eigenvalue weighted by atomic mass is 32.2. The van der Waals surface area contributed by atoms with E-state index in [9.17, 15) is 9.59 Å². The number of methoxy groups -OCH3 is 1. The molecular formula is C18H13NO4S2. The third kappa shape index (κ3) is 3.57. The quantitative estimate of drug-likeness (QED) is 0.651. The van der Waals surface area contributed by atoms with Crippen LogP contribution in [0.3, 0.4) is 0 Å². The van der Waals surface area contributed by atoms with Crippen LogP contribution in [0, 0.1) is 0 Å². The van der Waals surface area contributed by atoms with Crippen molar-refractivity contribution in [1.82, 2.24) is 0 Å². The highest BCUT2D eigenvalue weighted by Crippen LogP contribution is 2.36. The highest BCUT2D eigenvalue weighted by Gasteiger charge is 2.33. The van der Waals surface area contributed by atoms with Gasteiger partial charge in [-0.2, -0.15) is 0 Å². The summed E-state index contributed by atoms with van der Waals surface area (Å²) in [5.41, 5.74) is 1.36. The average molecular weight is 371 g/mol. The first-order valence-corrected chi connectivity index (χ1v) is 8.47. The summed E-state index contributed by atoms with van der Waals surface area (Å²) in [5, 5.41) is 9.12. The van der Waals surface area contributed by atoms with Crippen LogP contribution >= 0.6 is 24.0 Å². The molecule has 7 heteroatoms. The number of rotatable bonds is 4. The van der Waals surface area contributed by atoms with Gasteiger partial charge in [0.15, 0.2) is 4.32 Å². The normalized spacial score (nSPS) is 15.7. The summed E-state index contributed by atoms with van der Waals surface area (Å²) in [7, 11) is 1.58. The van der Waals surface area contributed by atoms with E-state index in [2.05, 4.69) is 0 Å². The molecule has 1 aliphatic rings. The maximum atomic E-state index is 12.7. The van der Waals surface area contributed by atoms with Gasteiger partial charge in [0.25, 0.3) is 5.91 Å². The fourth-order valence-electron chi connectivity index (χ4n) is 2.35. The zero-order chi connectivity index (χ0) is 18.0. The van der Waals surface area contributed by atoms with Gasteiger partial charge in [-0.3, -0.25) is 9.69 Å². The maximum Gasteiger partial charge on any atom is 0.335 e. The van der Waals surface area contributed by atoms with Gasteiger partial charge in [0.1, 0.15) is 5.75 Å². The molecule has 1 saturated heterocycles. The average Bonchev–Trinajstić information content (AvgIpc) is 2.88. The lowest BCUT2D eigenvalue weighted by Gasteiger charge is -2.14. The Morgan fingerprint density at radius 3 is 2.72 bits per heavy atom. The number of carboxylic acids is 1. The number of thioether (sulfide) groups is 1. The Hall–Kier alpha value is -2.64. The van der Waals surface area contributed by atoms with Crippen molar-refractivity contribution in [3.8, 4) is 5.75 Å². The van der Waals surface area contributed by atoms with Gasteiger partial charge in [-0.05, 0) is 42.0 Å². The molecule has 2 aromatic rings. The first kappa shape index (κ1) is 17.2. The third-order valence-corrected chi connectivity index (χ3v) is 4.84. The summed E-state index contributed by atoms with van der Waals surface area (Å²) in [4.78, 5) is 25.7. The van der Waals surface area contributed by atoms with E-state index in [0.717, 1.165) is 5.56 Å². The summed E-state index contributed by atoms with van der Waals surface area (Å²) in [6, 6.07) is 13.5. The number of hydrogen-bond acceptors (Lipinski definition) is 5. The van der Waals surface area contributed by atoms with Crippen LogP contribution in [-0.4, -0.2) is 28.4 Å². The minimum absolute atomic E-state index is 0.100. The molecule has 126 valence electrons. The summed E-state index contributed by atoms with van der Waals surface area (Å²) < 4.78 is 5.54. The summed E-state index contributed by atoms with van der Waals surface area (Å²) >= 11 is 6.49. The minimum Gasteiger partial charge on any atom is -0.497 e. The lowest BCUT2D eigenvalue weighted by atomic mass is 10.1. The lowest BCUT2D eigenvalue weighted by Crippen LogP contribution is -2.27. The molecule has 0 unspecified atom stereocenters. The van der Waals surface area contributed by atoms with Crippen molar-refractivity contribution in [1.29, 1.82) is 0 Å². The van der Waals surface area contributed by atoms with Crippen molar-refractivity contribution >= 4 is 51.9 Å². The molecule has 5 nitrogen and oxygen atoms in total. The number of aromatic carboxylic acids is 1. The number of benzene rings is 2. The van der Waals surface area contributed by atoms with Crippen molar-refractivity contribution in [2.45, 2.75) is 0 Å². The van der Waals surface area contributed by atoms with Crippen molar-refractivity contribution in [3.05, 3.63) is 64.6 Å². The van der Waals surface area contributed by atoms with Crippen LogP contribution in [0.2, 0.25) is 0 Å². The molecule has 0 saturated carbocycles. The molecule has 0 radical (unpaired) electrons. The first-order chi connectivity index (χ1) is 12.0. The van der Waals surface area contributed by atoms with E-state index < -0.39 is 5.97 Å². The van der Waals surface area contributed by atoms with E-state index in [4.69, 9.17) is 22.1 Å². The number of anilines is 1. The number of amides is 1. The second-order valence-corrected chi connectivity index (χ2v) is 6.82. The van der Waals surface area contributed by atoms with Gasteiger partial charge in [0.05, 0.1) is 23.3 Å². The molecule has 1 fully saturated rings. The van der Waals surface area contributed by atoms with Crippen LogP contribution in [0.1, 0.15) is 15.9 Å². The van der Waals surface area contributed by atoms with Gasteiger partial charge in [-0.1, -0.05) is 42.2 Å². The molecule has 0 atom stereocenters. The zero-order valence-electron chi connectivity index (χ0n) is 13.1. The number of carbonyl (C=O) groups is 2. The molecule has 1 heterocycles. The van der Waals surface area contributed by atoms with E-state index in [-0.39, 0.29) is 11.5 Å². The Morgan fingerprint density at radius 2 is 2.00 bits per heavy atom. The number of thiocarbonyl (C=S) groups is 1. The molecular weight excluding hydrogens is 358 g/mol. The fraction of sp³-hybridized carbons (Fsp3) is 0.0556. The van der Waals surface area contributed by atoms with E-state index in [1.165, 1.54) is 28.8 Å². The van der Waals surface area contributed by atoms with Crippen LogP contribution in [0.4, 0.5) is 5.69 Å². The standard InChI is InChI=1S/C18H13NO4S2/c1-23-14-7-2-4-11(8-14)9-15-16(20)19(18(24)25-15)13-6-3-5-12(10-13)17(21)22/h2-10H,1H3,(H,21,22)/b15-9+. The minimum atomic E-state index is -1.06. The number of ether oxygens (including phenoxy) is 1. The van der Waals surface area contributed by atoms with Crippen LogP contribution in [0.25, 0.3) is 6.08 Å². The van der Waals surface area contributed by atoms with Crippen LogP contribution in [-0.2, 0) is 4.79 Å². The Kier molecular flexibility index (Phi) is 4.87. The summed E-state index contributed by atoms with van der Waals surface area (Å²) in [5.74, 6) is -0.641. The Morgan fingerprint density at radius 1 is 1.24 bits per heavy atom. The van der Waals surface area contributed by atoms with Gasteiger partial charge in [-0.25, -0.2) is 4.79 Å². The van der Waals surface area contributed by atoms with Crippen molar-refractivity contribution in [2.75, 3.05) is 12.0 Å². The molecule has 1 aliphatic heterocycles. The molecule has 3 rings (SSSR count). The summed E-state index contributed by atoms with van der Waals surface area (Å²) in [6.07, 6.45) is 1.74. The van der Waals surface area contributed by atoms with Crippen LogP contribution in [0.15, 0.2) is 53.4 Å². The molecule has 2 aromatic carbocycles. The van der Waals surface area contributed by atoms with Crippen molar-refractivity contribution < 1.29 is 19.4 Å². The third-order valence-electron chi connectivity index (χ3n) is 3.54. The van der Waals surface area contributed by atoms with E-state index >= 15 is 0 Å². The predicted molar refractivity (Wildman–Crippen MR) is 102 cm³/mol. The van der Waals surface area contributed by atoms with E-state index in [0.29, 0.717) is 20.7 Å². The number of nitrogens with zero attached hydrogens (tertiary/aromatic N) is 1. The smallest absolute Gasteiger partial charge is 0.335 e. The predicted octanol–water partition coefficient (Wildman–Crippen LogP) is 3.80. The van der Waals surface area contributed by atoms with Gasteiger partial charge in [0.2, 0.25) is 0 Å². The van der Waals surface area contributed by atoms with Gasteiger partial charge in [-0.15, -0.1) is 0 Å². The zero-order valence-corrected chi connectivity index (χ0v) is 14.8. The Bertz CT molecular complexity index is 907. The fourth-order valence-corrected chi connectivity index (χ4v) is 3.65. The van der Waals surface area contributed by atoms with Gasteiger partial charge in [0, 0.05) is 0 Å². The highest BCUT2D eigenvalue weighted by molar-refractivity contribution is 8.27. The van der Waals surface area contributed by atoms with Gasteiger partial charge >= 0.3 is 5.97 Å². The van der Waals surface area contributed by atoms with E-state index in [1.54, 1.807) is 25.3 Å². The molecule has 0 spiro atoms. The molecule has 1 N–H and O–H groups in total. The van der Waals surface area contributed by atoms with Crippen molar-refractivity contribution in [3.63, 3.8) is 0 Å². The largest absolute Gasteiger partial charge is 0.497 e. The SMILES string of the molecule is COc1cccc(/C=C2/SC(=S)N(c3cccc(C(=O)O)c3)C2=O)c1. The van der Waals surface area contributed by atoms with Gasteiger partial charge < -0.3 is 9.84 Å². The molecule has 0 aromatic heterocycles. The maximum absolute atomic E-state index is 12.7. The van der Waals surface area contributed by atoms with Crippen LogP contribution in [0.5, 0.6) is 5.75 Å². The second-order valence-electron chi connectivity index (χ2n) is 5.15. The number of carbonyl (C=O) groups excluding carboxylic acids is 1. The second kappa shape index (κ2) is 7.08. The first-order valence-electron chi connectivity index (χ1n) is 7.25. The molecule has 0 aliphatic carbocycles. The Labute approximate surface area is 153 Å². The van der Waals surface area contributed by atoms with E-state index in [1.807, 2.05) is 24.3 Å². The molecule has 0 bridgehead atoms. The lowest BCUT2D eigenvalue weighted by molar-refractivity contribution is -0.113. The topological polar surface area (TPSA) is 66.8 Å². The Balaban J connectivity index is 1.93. The number of hydrogen-bond donors (Lipinski definition) is 1. The summed E-state index contributed by atoms with van der Waals surface area (Å²) in [6.45, 7) is 0. The molecule has 25 heavy (non-hydrogen) atoms. The van der Waals surface area contributed by atoms with Crippen LogP contribution < -0.4 is 9.64 Å². The number of carboxylic acid groups (broad SMARTS) is 1. The monoisotopic (exact) mass is 371 g/mol. The molecule has 1 amide bonds. The van der Waals surface area contributed by atoms with Crippen molar-refractivity contribution in [2.24, 2.45) is 0 Å².